The SMILES string of the molecule is CCOc1ccc(C(=O)Nc2cccc3ccccc23)cc1S(=O)(=O)N1CCCC1. The Morgan fingerprint density at radius 3 is 2.53 bits per heavy atom. The minimum absolute atomic E-state index is 0.0387. The van der Waals surface area contributed by atoms with Crippen molar-refractivity contribution < 1.29 is 17.9 Å². The van der Waals surface area contributed by atoms with E-state index >= 15 is 0 Å². The third kappa shape index (κ3) is 3.91. The summed E-state index contributed by atoms with van der Waals surface area (Å²) in [6.45, 7) is 3.11. The van der Waals surface area contributed by atoms with Crippen molar-refractivity contribution in [1.29, 1.82) is 0 Å². The molecule has 1 aliphatic rings. The monoisotopic (exact) mass is 424 g/mol. The van der Waals surface area contributed by atoms with E-state index in [1.807, 2.05) is 42.5 Å². The van der Waals surface area contributed by atoms with Crippen molar-refractivity contribution >= 4 is 32.4 Å². The predicted molar refractivity (Wildman–Crippen MR) is 118 cm³/mol. The van der Waals surface area contributed by atoms with Gasteiger partial charge in [-0.3, -0.25) is 4.79 Å². The third-order valence-corrected chi connectivity index (χ3v) is 7.15. The number of hydrogen-bond donors (Lipinski definition) is 1. The normalized spacial score (nSPS) is 14.7. The molecular formula is C23H24N2O4S. The molecule has 1 N–H and O–H groups in total. The summed E-state index contributed by atoms with van der Waals surface area (Å²) in [5.41, 5.74) is 0.945. The standard InChI is InChI=1S/C23H24N2O4S/c1-2-29-21-13-12-18(16-22(21)30(27,28)25-14-5-6-15-25)23(26)24-20-11-7-9-17-8-3-4-10-19(17)20/h3-4,7-13,16H,2,5-6,14-15H2,1H3,(H,24,26). The number of anilines is 1. The van der Waals surface area contributed by atoms with E-state index < -0.39 is 10.0 Å². The second-order valence-corrected chi connectivity index (χ2v) is 9.09. The highest BCUT2D eigenvalue weighted by Gasteiger charge is 2.30. The van der Waals surface area contributed by atoms with Gasteiger partial charge in [-0.1, -0.05) is 36.4 Å². The minimum atomic E-state index is -3.73. The molecule has 0 aromatic heterocycles. The van der Waals surface area contributed by atoms with Crippen molar-refractivity contribution in [2.45, 2.75) is 24.7 Å². The van der Waals surface area contributed by atoms with Gasteiger partial charge in [0.25, 0.3) is 5.91 Å². The largest absolute Gasteiger partial charge is 0.492 e. The molecule has 6 nitrogen and oxygen atoms in total. The van der Waals surface area contributed by atoms with E-state index in [9.17, 15) is 13.2 Å². The van der Waals surface area contributed by atoms with Crippen LogP contribution in [-0.4, -0.2) is 38.3 Å². The molecule has 1 saturated heterocycles. The second-order valence-electron chi connectivity index (χ2n) is 7.19. The fourth-order valence-electron chi connectivity index (χ4n) is 3.72. The molecule has 4 rings (SSSR count). The zero-order valence-corrected chi connectivity index (χ0v) is 17.6. The number of amides is 1. The Morgan fingerprint density at radius 1 is 1.03 bits per heavy atom. The molecule has 0 spiro atoms. The van der Waals surface area contributed by atoms with Crippen molar-refractivity contribution in [3.63, 3.8) is 0 Å². The first kappa shape index (κ1) is 20.4. The summed E-state index contributed by atoms with van der Waals surface area (Å²) in [6.07, 6.45) is 1.68. The number of carbonyl (C=O) groups is 1. The number of carbonyl (C=O) groups excluding carboxylic acids is 1. The second kappa shape index (κ2) is 8.45. The molecule has 0 aliphatic carbocycles. The van der Waals surface area contributed by atoms with Crippen LogP contribution in [0.1, 0.15) is 30.1 Å². The molecular weight excluding hydrogens is 400 g/mol. The molecule has 30 heavy (non-hydrogen) atoms. The molecule has 156 valence electrons. The number of ether oxygens (including phenoxy) is 1. The number of benzene rings is 3. The van der Waals surface area contributed by atoms with Gasteiger partial charge in [-0.25, -0.2) is 8.42 Å². The van der Waals surface area contributed by atoms with Crippen LogP contribution in [0.5, 0.6) is 5.75 Å². The van der Waals surface area contributed by atoms with E-state index in [-0.39, 0.29) is 22.1 Å². The molecule has 3 aromatic rings. The van der Waals surface area contributed by atoms with Gasteiger partial charge in [0, 0.05) is 29.7 Å². The molecule has 0 bridgehead atoms. The van der Waals surface area contributed by atoms with Crippen molar-refractivity contribution in [3.05, 3.63) is 66.2 Å². The van der Waals surface area contributed by atoms with Gasteiger partial charge in [0.15, 0.2) is 0 Å². The fourth-order valence-corrected chi connectivity index (χ4v) is 5.40. The highest BCUT2D eigenvalue weighted by Crippen LogP contribution is 2.31. The number of nitrogens with one attached hydrogen (secondary N) is 1. The van der Waals surface area contributed by atoms with E-state index in [1.165, 1.54) is 10.4 Å². The molecule has 7 heteroatoms. The highest BCUT2D eigenvalue weighted by atomic mass is 32.2. The van der Waals surface area contributed by atoms with Gasteiger partial charge in [0.05, 0.1) is 6.61 Å². The zero-order valence-electron chi connectivity index (χ0n) is 16.8. The van der Waals surface area contributed by atoms with E-state index in [4.69, 9.17) is 4.74 Å². The molecule has 3 aromatic carbocycles. The summed E-state index contributed by atoms with van der Waals surface area (Å²) < 4.78 is 33.3. The summed E-state index contributed by atoms with van der Waals surface area (Å²) in [5.74, 6) is -0.0987. The Morgan fingerprint density at radius 2 is 1.77 bits per heavy atom. The Kier molecular flexibility index (Phi) is 5.74. The maximum atomic E-state index is 13.2. The highest BCUT2D eigenvalue weighted by molar-refractivity contribution is 7.89. The summed E-state index contributed by atoms with van der Waals surface area (Å²) in [4.78, 5) is 13.0. The molecule has 1 fully saturated rings. The lowest BCUT2D eigenvalue weighted by Gasteiger charge is -2.19. The first-order chi connectivity index (χ1) is 14.5. The lowest BCUT2D eigenvalue weighted by atomic mass is 10.1. The van der Waals surface area contributed by atoms with Gasteiger partial charge < -0.3 is 10.1 Å². The number of sulfonamides is 1. The molecule has 1 amide bonds. The molecule has 0 saturated carbocycles. The quantitative estimate of drug-likeness (QED) is 0.641. The minimum Gasteiger partial charge on any atom is -0.492 e. The van der Waals surface area contributed by atoms with E-state index in [0.717, 1.165) is 23.6 Å². The first-order valence-electron chi connectivity index (χ1n) is 10.1. The van der Waals surface area contributed by atoms with Crippen LogP contribution in [0.25, 0.3) is 10.8 Å². The van der Waals surface area contributed by atoms with Gasteiger partial charge in [-0.2, -0.15) is 4.31 Å². The third-order valence-electron chi connectivity index (χ3n) is 5.23. The zero-order chi connectivity index (χ0) is 21.1. The van der Waals surface area contributed by atoms with Crippen LogP contribution in [0.4, 0.5) is 5.69 Å². The molecule has 0 radical (unpaired) electrons. The smallest absolute Gasteiger partial charge is 0.255 e. The maximum absolute atomic E-state index is 13.2. The first-order valence-corrected chi connectivity index (χ1v) is 11.5. The van der Waals surface area contributed by atoms with Crippen LogP contribution in [0.3, 0.4) is 0 Å². The Bertz CT molecular complexity index is 1180. The van der Waals surface area contributed by atoms with Gasteiger partial charge in [0.2, 0.25) is 10.0 Å². The fraction of sp³-hybridized carbons (Fsp3) is 0.261. The van der Waals surface area contributed by atoms with Gasteiger partial charge in [-0.15, -0.1) is 0 Å². The molecule has 1 aliphatic heterocycles. The van der Waals surface area contributed by atoms with Crippen molar-refractivity contribution in [1.82, 2.24) is 4.31 Å². The van der Waals surface area contributed by atoms with Gasteiger partial charge >= 0.3 is 0 Å². The Hall–Kier alpha value is -2.90. The average Bonchev–Trinajstić information content (AvgIpc) is 3.30. The number of fused-ring (bicyclic) bond motifs is 1. The van der Waals surface area contributed by atoms with Gasteiger partial charge in [0.1, 0.15) is 10.6 Å². The summed E-state index contributed by atoms with van der Waals surface area (Å²) in [7, 11) is -3.73. The van der Waals surface area contributed by atoms with E-state index in [2.05, 4.69) is 5.32 Å². The topological polar surface area (TPSA) is 75.7 Å². The van der Waals surface area contributed by atoms with Crippen LogP contribution >= 0.6 is 0 Å². The van der Waals surface area contributed by atoms with Crippen LogP contribution in [0.15, 0.2) is 65.6 Å². The predicted octanol–water partition coefficient (Wildman–Crippen LogP) is 4.28. The van der Waals surface area contributed by atoms with E-state index in [1.54, 1.807) is 19.1 Å². The number of rotatable bonds is 6. The van der Waals surface area contributed by atoms with E-state index in [0.29, 0.717) is 25.4 Å². The van der Waals surface area contributed by atoms with Gasteiger partial charge in [-0.05, 0) is 49.4 Å². The maximum Gasteiger partial charge on any atom is 0.255 e. The lowest BCUT2D eigenvalue weighted by Crippen LogP contribution is -2.28. The molecule has 1 heterocycles. The Labute approximate surface area is 176 Å². The molecule has 0 unspecified atom stereocenters. The number of nitrogens with zero attached hydrogens (tertiary/aromatic N) is 1. The van der Waals surface area contributed by atoms with Crippen molar-refractivity contribution in [2.75, 3.05) is 25.0 Å². The summed E-state index contributed by atoms with van der Waals surface area (Å²) >= 11 is 0. The van der Waals surface area contributed by atoms with Crippen molar-refractivity contribution in [2.24, 2.45) is 0 Å². The lowest BCUT2D eigenvalue weighted by molar-refractivity contribution is 0.102. The molecule has 0 atom stereocenters. The van der Waals surface area contributed by atoms with Crippen LogP contribution in [0.2, 0.25) is 0 Å². The van der Waals surface area contributed by atoms with Crippen LogP contribution in [0, 0.1) is 0 Å². The Balaban J connectivity index is 1.69. The average molecular weight is 425 g/mol. The van der Waals surface area contributed by atoms with Crippen LogP contribution in [-0.2, 0) is 10.0 Å². The number of hydrogen-bond acceptors (Lipinski definition) is 4. The van der Waals surface area contributed by atoms with Crippen LogP contribution < -0.4 is 10.1 Å². The summed E-state index contributed by atoms with van der Waals surface area (Å²) in [6, 6.07) is 18.0. The van der Waals surface area contributed by atoms with Crippen molar-refractivity contribution in [3.8, 4) is 5.75 Å². The summed E-state index contributed by atoms with van der Waals surface area (Å²) in [5, 5.41) is 4.85.